The molecule has 3 aliphatic carbocycles. The van der Waals surface area contributed by atoms with Crippen LogP contribution in [0.2, 0.25) is 0 Å². The highest BCUT2D eigenvalue weighted by molar-refractivity contribution is 9.10. The second-order valence-electron chi connectivity index (χ2n) is 7.31. The normalized spacial score (nSPS) is 40.4. The first-order valence-electron chi connectivity index (χ1n) is 7.96. The van der Waals surface area contributed by atoms with Crippen LogP contribution in [-0.2, 0) is 6.42 Å². The quantitative estimate of drug-likeness (QED) is 0.576. The summed E-state index contributed by atoms with van der Waals surface area (Å²) in [5.41, 5.74) is 3.98. The van der Waals surface area contributed by atoms with Gasteiger partial charge in [0.25, 0.3) is 0 Å². The van der Waals surface area contributed by atoms with Crippen LogP contribution in [0.4, 0.5) is 0 Å². The third kappa shape index (κ3) is 1.77. The lowest BCUT2D eigenvalue weighted by molar-refractivity contribution is 0.0598. The van der Waals surface area contributed by atoms with E-state index in [2.05, 4.69) is 41.1 Å². The molecular weight excluding hydrogens is 296 g/mol. The number of rotatable bonds is 0. The van der Waals surface area contributed by atoms with E-state index in [0.29, 0.717) is 5.41 Å². The molecule has 0 aliphatic heterocycles. The molecule has 1 heteroatoms. The van der Waals surface area contributed by atoms with Gasteiger partial charge in [0.05, 0.1) is 0 Å². The molecule has 4 atom stereocenters. The van der Waals surface area contributed by atoms with E-state index in [1.54, 1.807) is 11.1 Å². The first-order chi connectivity index (χ1) is 9.19. The fraction of sp³-hybridized carbons (Fsp3) is 0.667. The van der Waals surface area contributed by atoms with E-state index in [1.165, 1.54) is 49.4 Å². The molecule has 0 saturated heterocycles. The molecule has 2 saturated carbocycles. The zero-order chi connectivity index (χ0) is 13.0. The second-order valence-corrected chi connectivity index (χ2v) is 8.16. The molecule has 1 aromatic rings. The molecule has 3 aliphatic rings. The van der Waals surface area contributed by atoms with Gasteiger partial charge in [-0.25, -0.2) is 0 Å². The van der Waals surface area contributed by atoms with Crippen molar-refractivity contribution in [1.29, 1.82) is 0 Å². The van der Waals surface area contributed by atoms with Crippen molar-refractivity contribution >= 4 is 15.9 Å². The summed E-state index contributed by atoms with van der Waals surface area (Å²) in [5.74, 6) is 2.85. The van der Waals surface area contributed by atoms with Crippen molar-refractivity contribution in [2.24, 2.45) is 17.3 Å². The zero-order valence-corrected chi connectivity index (χ0v) is 13.4. The predicted octanol–water partition coefficient (Wildman–Crippen LogP) is 5.70. The molecule has 19 heavy (non-hydrogen) atoms. The van der Waals surface area contributed by atoms with Gasteiger partial charge in [0.15, 0.2) is 0 Å². The van der Waals surface area contributed by atoms with Crippen molar-refractivity contribution in [1.82, 2.24) is 0 Å². The molecule has 2 fully saturated rings. The standard InChI is InChI=1S/C18H23Br/c1-18-10-3-5-16(18)14-7-8-15-12(13(14)9-11-18)4-2-6-17(15)19/h2,4,6,13-14,16H,3,5,7-11H2,1H3/t13-,14-,16+,18+/m1/s1. The summed E-state index contributed by atoms with van der Waals surface area (Å²) in [4.78, 5) is 0. The lowest BCUT2D eigenvalue weighted by Crippen LogP contribution is -2.39. The van der Waals surface area contributed by atoms with Crippen LogP contribution in [0.5, 0.6) is 0 Å². The van der Waals surface area contributed by atoms with Gasteiger partial charge in [-0.05, 0) is 78.9 Å². The highest BCUT2D eigenvalue weighted by atomic mass is 79.9. The minimum atomic E-state index is 0.685. The van der Waals surface area contributed by atoms with Gasteiger partial charge in [-0.1, -0.05) is 41.4 Å². The van der Waals surface area contributed by atoms with Gasteiger partial charge in [0, 0.05) is 4.47 Å². The van der Waals surface area contributed by atoms with Crippen molar-refractivity contribution in [3.63, 3.8) is 0 Å². The maximum atomic E-state index is 3.77. The van der Waals surface area contributed by atoms with Crippen molar-refractivity contribution in [2.75, 3.05) is 0 Å². The summed E-state index contributed by atoms with van der Waals surface area (Å²) in [5, 5.41) is 0. The lowest BCUT2D eigenvalue weighted by atomic mass is 9.56. The Kier molecular flexibility index (Phi) is 2.85. The van der Waals surface area contributed by atoms with E-state index in [4.69, 9.17) is 0 Å². The molecule has 0 heterocycles. The van der Waals surface area contributed by atoms with Crippen molar-refractivity contribution < 1.29 is 0 Å². The molecule has 0 unspecified atom stereocenters. The minimum Gasteiger partial charge on any atom is -0.0608 e. The number of benzene rings is 1. The van der Waals surface area contributed by atoms with Crippen LogP contribution in [0.1, 0.15) is 62.5 Å². The van der Waals surface area contributed by atoms with Crippen LogP contribution in [-0.4, -0.2) is 0 Å². The minimum absolute atomic E-state index is 0.685. The van der Waals surface area contributed by atoms with E-state index in [0.717, 1.165) is 17.8 Å². The summed E-state index contributed by atoms with van der Waals surface area (Å²) in [6, 6.07) is 6.88. The smallest absolute Gasteiger partial charge is 0.0210 e. The highest BCUT2D eigenvalue weighted by Gasteiger charge is 2.50. The first-order valence-corrected chi connectivity index (χ1v) is 8.76. The van der Waals surface area contributed by atoms with Crippen molar-refractivity contribution in [2.45, 2.75) is 57.8 Å². The topological polar surface area (TPSA) is 0 Å². The zero-order valence-electron chi connectivity index (χ0n) is 11.8. The van der Waals surface area contributed by atoms with E-state index >= 15 is 0 Å². The molecule has 0 radical (unpaired) electrons. The Labute approximate surface area is 125 Å². The number of hydrogen-bond acceptors (Lipinski definition) is 0. The molecule has 4 rings (SSSR count). The van der Waals surface area contributed by atoms with E-state index in [1.807, 2.05) is 0 Å². The van der Waals surface area contributed by atoms with E-state index in [-0.39, 0.29) is 0 Å². The molecule has 0 spiro atoms. The molecule has 0 amide bonds. The molecule has 102 valence electrons. The highest BCUT2D eigenvalue weighted by Crippen LogP contribution is 2.61. The van der Waals surface area contributed by atoms with Crippen LogP contribution in [0.15, 0.2) is 22.7 Å². The summed E-state index contributed by atoms with van der Waals surface area (Å²) >= 11 is 3.77. The monoisotopic (exact) mass is 318 g/mol. The maximum Gasteiger partial charge on any atom is 0.0210 e. The Balaban J connectivity index is 1.74. The van der Waals surface area contributed by atoms with Gasteiger partial charge in [-0.2, -0.15) is 0 Å². The van der Waals surface area contributed by atoms with E-state index in [9.17, 15) is 0 Å². The second kappa shape index (κ2) is 4.35. The average Bonchev–Trinajstić information content (AvgIpc) is 2.80. The Hall–Kier alpha value is -0.300. The molecule has 0 bridgehead atoms. The van der Waals surface area contributed by atoms with Gasteiger partial charge >= 0.3 is 0 Å². The Morgan fingerprint density at radius 2 is 2.05 bits per heavy atom. The fourth-order valence-electron chi connectivity index (χ4n) is 5.57. The van der Waals surface area contributed by atoms with Crippen LogP contribution in [0, 0.1) is 17.3 Å². The Bertz CT molecular complexity index is 506. The Morgan fingerprint density at radius 3 is 2.95 bits per heavy atom. The predicted molar refractivity (Wildman–Crippen MR) is 83.4 cm³/mol. The SMILES string of the molecule is C[C@@]12CCC[C@H]1[C@@H]1CCc3c(Br)cccc3[C@H]1CC2. The molecule has 0 N–H and O–H groups in total. The van der Waals surface area contributed by atoms with Crippen LogP contribution in [0.25, 0.3) is 0 Å². The number of halogens is 1. The summed E-state index contributed by atoms with van der Waals surface area (Å²) in [7, 11) is 0. The third-order valence-electron chi connectivity index (χ3n) is 6.50. The molecule has 1 aromatic carbocycles. The van der Waals surface area contributed by atoms with Crippen LogP contribution >= 0.6 is 15.9 Å². The maximum absolute atomic E-state index is 3.77. The fourth-order valence-corrected chi connectivity index (χ4v) is 6.15. The van der Waals surface area contributed by atoms with Crippen LogP contribution < -0.4 is 0 Å². The Morgan fingerprint density at radius 1 is 1.16 bits per heavy atom. The first kappa shape index (κ1) is 12.4. The van der Waals surface area contributed by atoms with Gasteiger partial charge in [0.2, 0.25) is 0 Å². The van der Waals surface area contributed by atoms with Crippen molar-refractivity contribution in [3.8, 4) is 0 Å². The van der Waals surface area contributed by atoms with Gasteiger partial charge in [-0.15, -0.1) is 0 Å². The van der Waals surface area contributed by atoms with Gasteiger partial charge < -0.3 is 0 Å². The lowest BCUT2D eigenvalue weighted by Gasteiger charge is -2.49. The number of fused-ring (bicyclic) bond motifs is 5. The number of hydrogen-bond donors (Lipinski definition) is 0. The summed E-state index contributed by atoms with van der Waals surface area (Å²) < 4.78 is 1.35. The third-order valence-corrected chi connectivity index (χ3v) is 7.24. The summed E-state index contributed by atoms with van der Waals surface area (Å²) in [6.45, 7) is 2.58. The largest absolute Gasteiger partial charge is 0.0608 e. The van der Waals surface area contributed by atoms with E-state index < -0.39 is 0 Å². The van der Waals surface area contributed by atoms with Crippen molar-refractivity contribution in [3.05, 3.63) is 33.8 Å². The molecule has 0 nitrogen and oxygen atoms in total. The molecule has 0 aromatic heterocycles. The average molecular weight is 319 g/mol. The summed E-state index contributed by atoms with van der Waals surface area (Å²) in [6.07, 6.45) is 10.1. The molecular formula is C18H23Br. The van der Waals surface area contributed by atoms with Crippen LogP contribution in [0.3, 0.4) is 0 Å². The van der Waals surface area contributed by atoms with Gasteiger partial charge in [-0.3, -0.25) is 0 Å². The van der Waals surface area contributed by atoms with Gasteiger partial charge in [0.1, 0.15) is 0 Å².